The summed E-state index contributed by atoms with van der Waals surface area (Å²) in [6.45, 7) is 0.919. The van der Waals surface area contributed by atoms with Crippen LogP contribution in [0, 0.1) is 0 Å². The molecular weight excluding hydrogens is 363 g/mol. The molecule has 3 aromatic rings. The van der Waals surface area contributed by atoms with Crippen molar-refractivity contribution < 1.29 is 4.79 Å². The molecule has 0 bridgehead atoms. The van der Waals surface area contributed by atoms with E-state index in [-0.39, 0.29) is 5.91 Å². The second-order valence-electron chi connectivity index (χ2n) is 5.27. The van der Waals surface area contributed by atoms with Crippen LogP contribution in [0.4, 0.5) is 0 Å². The van der Waals surface area contributed by atoms with Crippen molar-refractivity contribution in [3.8, 4) is 0 Å². The average molecular weight is 377 g/mol. The van der Waals surface area contributed by atoms with E-state index in [0.717, 1.165) is 11.3 Å². The summed E-state index contributed by atoms with van der Waals surface area (Å²) in [5.74, 6) is -0.128. The molecule has 0 aliphatic rings. The Hall–Kier alpha value is -1.88. The number of carbonyl (C=O) groups is 1. The molecule has 24 heavy (non-hydrogen) atoms. The molecule has 2 aromatic heterocycles. The van der Waals surface area contributed by atoms with E-state index in [0.29, 0.717) is 28.7 Å². The molecule has 0 saturated heterocycles. The number of pyridine rings is 1. The van der Waals surface area contributed by atoms with Crippen molar-refractivity contribution in [3.05, 3.63) is 86.3 Å². The molecule has 0 atom stereocenters. The Kier molecular flexibility index (Phi) is 5.51. The van der Waals surface area contributed by atoms with Crippen molar-refractivity contribution in [2.24, 2.45) is 0 Å². The zero-order valence-electron chi connectivity index (χ0n) is 12.7. The maximum atomic E-state index is 13.0. The van der Waals surface area contributed by atoms with Crippen LogP contribution in [0.1, 0.15) is 21.6 Å². The highest BCUT2D eigenvalue weighted by atomic mass is 35.5. The van der Waals surface area contributed by atoms with Crippen LogP contribution in [0.25, 0.3) is 0 Å². The smallest absolute Gasteiger partial charge is 0.254 e. The van der Waals surface area contributed by atoms with Crippen LogP contribution in [0.2, 0.25) is 10.0 Å². The number of aromatic nitrogens is 1. The molecule has 1 amide bonds. The molecule has 0 N–H and O–H groups in total. The Bertz CT molecular complexity index is 802. The highest BCUT2D eigenvalue weighted by Crippen LogP contribution is 2.22. The molecule has 0 aliphatic carbocycles. The van der Waals surface area contributed by atoms with Crippen LogP contribution in [-0.4, -0.2) is 15.8 Å². The van der Waals surface area contributed by atoms with Gasteiger partial charge < -0.3 is 4.90 Å². The summed E-state index contributed by atoms with van der Waals surface area (Å²) in [5, 5.41) is 4.91. The quantitative estimate of drug-likeness (QED) is 0.605. The lowest BCUT2D eigenvalue weighted by Gasteiger charge is -2.22. The van der Waals surface area contributed by atoms with E-state index in [4.69, 9.17) is 23.2 Å². The molecule has 3 rings (SSSR count). The van der Waals surface area contributed by atoms with E-state index in [1.165, 1.54) is 0 Å². The minimum atomic E-state index is -0.128. The lowest BCUT2D eigenvalue weighted by molar-refractivity contribution is 0.0728. The van der Waals surface area contributed by atoms with E-state index >= 15 is 0 Å². The number of benzene rings is 1. The molecule has 122 valence electrons. The van der Waals surface area contributed by atoms with Gasteiger partial charge in [-0.3, -0.25) is 9.78 Å². The van der Waals surface area contributed by atoms with Crippen LogP contribution >= 0.6 is 34.5 Å². The Morgan fingerprint density at radius 3 is 2.50 bits per heavy atom. The fourth-order valence-corrected chi connectivity index (χ4v) is 3.54. The van der Waals surface area contributed by atoms with Crippen molar-refractivity contribution in [2.75, 3.05) is 0 Å². The number of rotatable bonds is 5. The van der Waals surface area contributed by atoms with E-state index in [1.54, 1.807) is 40.6 Å². The monoisotopic (exact) mass is 376 g/mol. The first-order chi connectivity index (χ1) is 11.6. The van der Waals surface area contributed by atoms with E-state index in [1.807, 2.05) is 35.0 Å². The molecule has 6 heteroatoms. The lowest BCUT2D eigenvalue weighted by Crippen LogP contribution is -2.30. The Balaban J connectivity index is 1.89. The summed E-state index contributed by atoms with van der Waals surface area (Å²) < 4.78 is 0. The van der Waals surface area contributed by atoms with Gasteiger partial charge in [0.15, 0.2) is 0 Å². The molecule has 3 nitrogen and oxygen atoms in total. The van der Waals surface area contributed by atoms with Gasteiger partial charge in [-0.2, -0.15) is 11.3 Å². The van der Waals surface area contributed by atoms with Gasteiger partial charge in [0.05, 0.1) is 12.2 Å². The third-order valence-electron chi connectivity index (χ3n) is 3.43. The van der Waals surface area contributed by atoms with Crippen molar-refractivity contribution in [1.29, 1.82) is 0 Å². The van der Waals surface area contributed by atoms with Gasteiger partial charge in [0.1, 0.15) is 0 Å². The first-order valence-electron chi connectivity index (χ1n) is 7.28. The summed E-state index contributed by atoms with van der Waals surface area (Å²) >= 11 is 13.7. The minimum Gasteiger partial charge on any atom is -0.328 e. The molecule has 0 saturated carbocycles. The molecule has 0 spiro atoms. The molecule has 0 fully saturated rings. The molecule has 2 heterocycles. The maximum Gasteiger partial charge on any atom is 0.254 e. The Morgan fingerprint density at radius 2 is 1.88 bits per heavy atom. The number of amides is 1. The van der Waals surface area contributed by atoms with Crippen molar-refractivity contribution in [1.82, 2.24) is 9.88 Å². The maximum absolute atomic E-state index is 13.0. The highest BCUT2D eigenvalue weighted by molar-refractivity contribution is 7.07. The minimum absolute atomic E-state index is 0.128. The van der Waals surface area contributed by atoms with Gasteiger partial charge in [-0.15, -0.1) is 0 Å². The molecule has 0 radical (unpaired) electrons. The van der Waals surface area contributed by atoms with Gasteiger partial charge in [-0.05, 0) is 52.7 Å². The number of hydrogen-bond donors (Lipinski definition) is 0. The van der Waals surface area contributed by atoms with Gasteiger partial charge in [-0.1, -0.05) is 29.3 Å². The number of carbonyl (C=O) groups excluding carboxylic acids is 1. The van der Waals surface area contributed by atoms with Gasteiger partial charge in [0.25, 0.3) is 5.91 Å². The Labute approximate surface area is 154 Å². The van der Waals surface area contributed by atoms with Crippen LogP contribution in [0.15, 0.2) is 59.4 Å². The van der Waals surface area contributed by atoms with E-state index < -0.39 is 0 Å². The molecular formula is C18H14Cl2N2OS. The summed E-state index contributed by atoms with van der Waals surface area (Å²) in [5.41, 5.74) is 2.38. The summed E-state index contributed by atoms with van der Waals surface area (Å²) in [6, 6.07) is 12.6. The predicted octanol–water partition coefficient (Wildman–Crippen LogP) is 5.29. The topological polar surface area (TPSA) is 33.2 Å². The normalized spacial score (nSPS) is 10.6. The van der Waals surface area contributed by atoms with Crippen LogP contribution in [0.5, 0.6) is 0 Å². The van der Waals surface area contributed by atoms with Gasteiger partial charge in [0, 0.05) is 28.4 Å². The zero-order chi connectivity index (χ0) is 16.9. The molecule has 0 aliphatic heterocycles. The van der Waals surface area contributed by atoms with Gasteiger partial charge in [0.2, 0.25) is 0 Å². The van der Waals surface area contributed by atoms with E-state index in [2.05, 4.69) is 4.98 Å². The Morgan fingerprint density at radius 1 is 1.08 bits per heavy atom. The van der Waals surface area contributed by atoms with Crippen molar-refractivity contribution >= 4 is 40.4 Å². The largest absolute Gasteiger partial charge is 0.328 e. The molecule has 0 unspecified atom stereocenters. The predicted molar refractivity (Wildman–Crippen MR) is 98.6 cm³/mol. The fraction of sp³-hybridized carbons (Fsp3) is 0.111. The number of hydrogen-bond acceptors (Lipinski definition) is 3. The second-order valence-corrected chi connectivity index (χ2v) is 6.92. The average Bonchev–Trinajstić information content (AvgIpc) is 3.07. The van der Waals surface area contributed by atoms with Crippen LogP contribution in [-0.2, 0) is 13.1 Å². The third kappa shape index (κ3) is 4.35. The van der Waals surface area contributed by atoms with Gasteiger partial charge in [-0.25, -0.2) is 0 Å². The van der Waals surface area contributed by atoms with Crippen molar-refractivity contribution in [3.63, 3.8) is 0 Å². The number of halogens is 2. The van der Waals surface area contributed by atoms with Crippen LogP contribution < -0.4 is 0 Å². The standard InChI is InChI=1S/C18H14Cl2N2OS/c19-15-7-14(8-16(20)9-15)18(23)22(10-13-4-6-24-12-13)11-17-3-1-2-5-21-17/h1-9,12H,10-11H2. The summed E-state index contributed by atoms with van der Waals surface area (Å²) in [4.78, 5) is 19.0. The summed E-state index contributed by atoms with van der Waals surface area (Å²) in [6.07, 6.45) is 1.72. The van der Waals surface area contributed by atoms with Crippen molar-refractivity contribution in [2.45, 2.75) is 13.1 Å². The third-order valence-corrected chi connectivity index (χ3v) is 4.60. The lowest BCUT2D eigenvalue weighted by atomic mass is 10.1. The highest BCUT2D eigenvalue weighted by Gasteiger charge is 2.18. The van der Waals surface area contributed by atoms with Gasteiger partial charge >= 0.3 is 0 Å². The SMILES string of the molecule is O=C(c1cc(Cl)cc(Cl)c1)N(Cc1ccsc1)Cc1ccccn1. The second kappa shape index (κ2) is 7.79. The zero-order valence-corrected chi connectivity index (χ0v) is 15.0. The first kappa shape index (κ1) is 17.0. The molecule has 1 aromatic carbocycles. The van der Waals surface area contributed by atoms with Crippen LogP contribution in [0.3, 0.4) is 0 Å². The fourth-order valence-electron chi connectivity index (χ4n) is 2.35. The summed E-state index contributed by atoms with van der Waals surface area (Å²) in [7, 11) is 0. The van der Waals surface area contributed by atoms with E-state index in [9.17, 15) is 4.79 Å². The number of nitrogens with zero attached hydrogens (tertiary/aromatic N) is 2. The first-order valence-corrected chi connectivity index (χ1v) is 8.98. The number of thiophene rings is 1.